The van der Waals surface area contributed by atoms with E-state index >= 15 is 0 Å². The highest BCUT2D eigenvalue weighted by molar-refractivity contribution is 7.71. The summed E-state index contributed by atoms with van der Waals surface area (Å²) in [6.45, 7) is 13.2. The van der Waals surface area contributed by atoms with Gasteiger partial charge in [0.05, 0.1) is 41.8 Å². The molecule has 0 bridgehead atoms. The Hall–Kier alpha value is -5.30. The number of piperidine rings is 2. The minimum absolute atomic E-state index is 0.187. The summed E-state index contributed by atoms with van der Waals surface area (Å²) in [4.78, 5) is 44.9. The molecule has 318 valence electrons. The molecular formula is C45H50ClFN9O4P. The Morgan fingerprint density at radius 2 is 1.66 bits per heavy atom. The second-order valence-electron chi connectivity index (χ2n) is 17.5. The van der Waals surface area contributed by atoms with Gasteiger partial charge in [0.15, 0.2) is 5.82 Å². The molecular weight excluding hydrogens is 816 g/mol. The van der Waals surface area contributed by atoms with E-state index in [-0.39, 0.29) is 34.4 Å². The van der Waals surface area contributed by atoms with E-state index in [1.807, 2.05) is 18.2 Å². The lowest BCUT2D eigenvalue weighted by atomic mass is 9.71. The van der Waals surface area contributed by atoms with Crippen molar-refractivity contribution in [3.63, 3.8) is 0 Å². The summed E-state index contributed by atoms with van der Waals surface area (Å²) in [7, 11) is -1.28. The zero-order valence-electron chi connectivity index (χ0n) is 35.0. The highest BCUT2D eigenvalue weighted by Gasteiger charge is 2.53. The van der Waals surface area contributed by atoms with Crippen LogP contribution in [0.5, 0.6) is 5.75 Å². The summed E-state index contributed by atoms with van der Waals surface area (Å²) in [6.07, 6.45) is 4.69. The summed E-state index contributed by atoms with van der Waals surface area (Å²) in [5.74, 6) is 0.125. The first kappa shape index (κ1) is 41.1. The van der Waals surface area contributed by atoms with E-state index in [4.69, 9.17) is 16.3 Å². The van der Waals surface area contributed by atoms with Crippen LogP contribution in [0.4, 0.5) is 38.9 Å². The van der Waals surface area contributed by atoms with Gasteiger partial charge in [0.2, 0.25) is 17.8 Å². The Bertz CT molecular complexity index is 2600. The van der Waals surface area contributed by atoms with Crippen molar-refractivity contribution < 1.29 is 23.3 Å². The van der Waals surface area contributed by atoms with Gasteiger partial charge in [-0.25, -0.2) is 9.37 Å². The zero-order valence-corrected chi connectivity index (χ0v) is 36.7. The van der Waals surface area contributed by atoms with Crippen LogP contribution in [0, 0.1) is 25.1 Å². The van der Waals surface area contributed by atoms with Gasteiger partial charge in [0.25, 0.3) is 0 Å². The van der Waals surface area contributed by atoms with Crippen molar-refractivity contribution >= 4 is 81.3 Å². The monoisotopic (exact) mass is 865 g/mol. The number of benzene rings is 3. The summed E-state index contributed by atoms with van der Waals surface area (Å²) >= 11 is 6.59. The van der Waals surface area contributed by atoms with Gasteiger partial charge in [-0.3, -0.25) is 24.8 Å². The molecule has 13 nitrogen and oxygen atoms in total. The fraction of sp³-hybridized carbons (Fsp3) is 0.400. The largest absolute Gasteiger partial charge is 0.494 e. The van der Waals surface area contributed by atoms with Crippen molar-refractivity contribution in [3.8, 4) is 5.75 Å². The molecule has 4 saturated heterocycles. The molecule has 0 aliphatic carbocycles. The molecule has 1 spiro atoms. The highest BCUT2D eigenvalue weighted by atomic mass is 35.5. The number of carbonyl (C=O) groups excluding carboxylic acids is 2. The number of ether oxygens (including phenoxy) is 1. The van der Waals surface area contributed by atoms with Crippen LogP contribution < -0.4 is 35.8 Å². The first-order chi connectivity index (χ1) is 29.2. The van der Waals surface area contributed by atoms with Crippen molar-refractivity contribution in [2.24, 2.45) is 5.41 Å². The maximum Gasteiger partial charge on any atom is 0.234 e. The van der Waals surface area contributed by atoms with Crippen LogP contribution in [0.2, 0.25) is 5.02 Å². The number of rotatable bonds is 10. The second kappa shape index (κ2) is 15.9. The van der Waals surface area contributed by atoms with Gasteiger partial charge < -0.3 is 29.7 Å². The van der Waals surface area contributed by atoms with E-state index in [2.05, 4.69) is 70.7 Å². The zero-order chi connectivity index (χ0) is 42.8. The number of nitrogens with one attached hydrogen (secondary N) is 3. The smallest absolute Gasteiger partial charge is 0.234 e. The molecule has 16 heteroatoms. The van der Waals surface area contributed by atoms with Crippen molar-refractivity contribution in [2.45, 2.75) is 51.5 Å². The molecule has 4 aliphatic heterocycles. The predicted octanol–water partition coefficient (Wildman–Crippen LogP) is 7.49. The molecule has 2 aromatic heterocycles. The first-order valence-corrected chi connectivity index (χ1v) is 23.7. The molecule has 4 fully saturated rings. The van der Waals surface area contributed by atoms with E-state index in [1.54, 1.807) is 39.5 Å². The second-order valence-corrected chi connectivity index (χ2v) is 21.0. The van der Waals surface area contributed by atoms with E-state index in [1.165, 1.54) is 18.0 Å². The quantitative estimate of drug-likeness (QED) is 0.0946. The van der Waals surface area contributed by atoms with Crippen LogP contribution in [0.1, 0.15) is 48.4 Å². The van der Waals surface area contributed by atoms with Gasteiger partial charge in [0, 0.05) is 85.3 Å². The van der Waals surface area contributed by atoms with E-state index in [0.717, 1.165) is 68.9 Å². The van der Waals surface area contributed by atoms with Gasteiger partial charge in [-0.2, -0.15) is 4.98 Å². The molecule has 3 N–H and O–H groups in total. The van der Waals surface area contributed by atoms with Crippen molar-refractivity contribution in [3.05, 3.63) is 88.5 Å². The van der Waals surface area contributed by atoms with Gasteiger partial charge in [0.1, 0.15) is 23.7 Å². The Morgan fingerprint density at radius 1 is 0.918 bits per heavy atom. The number of aryl methyl sites for hydroxylation is 2. The lowest BCUT2D eigenvalue weighted by Crippen LogP contribution is -2.74. The number of imide groups is 1. The number of hydrogen-bond donors (Lipinski definition) is 3. The molecule has 1 atom stereocenters. The number of fused-ring (bicyclic) bond motifs is 1. The van der Waals surface area contributed by atoms with Crippen LogP contribution >= 0.6 is 18.7 Å². The number of anilines is 6. The molecule has 5 aromatic rings. The Labute approximate surface area is 359 Å². The molecule has 9 rings (SSSR count). The van der Waals surface area contributed by atoms with Gasteiger partial charge in [-0.15, -0.1) is 0 Å². The number of pyridine rings is 1. The number of aromatic nitrogens is 3. The number of likely N-dealkylation sites (tertiary alicyclic amines) is 1. The van der Waals surface area contributed by atoms with Gasteiger partial charge in [-0.05, 0) is 94.0 Å². The third kappa shape index (κ3) is 8.01. The molecule has 0 saturated carbocycles. The SMILES string of the molecule is COc1cc(N2CC3(C2)CN(C2CCN(c4ccc(C5CCC(=O)NC5=O)cc4)CC2)C3)c(C)cc1Nc1ncc(Cl)c(Nc2ccc3nc(C)c(F)cc3c2P(C)(C)=O)n1. The Balaban J connectivity index is 0.810. The molecule has 1 unspecified atom stereocenters. The topological polar surface area (TPSA) is 145 Å². The lowest BCUT2D eigenvalue weighted by molar-refractivity contribution is -0.134. The molecule has 3 aromatic carbocycles. The Morgan fingerprint density at radius 3 is 2.34 bits per heavy atom. The number of nitrogens with zero attached hydrogens (tertiary/aromatic N) is 6. The van der Waals surface area contributed by atoms with E-state index in [9.17, 15) is 18.5 Å². The number of hydrogen-bond acceptors (Lipinski definition) is 12. The van der Waals surface area contributed by atoms with Crippen LogP contribution in [0.25, 0.3) is 10.9 Å². The lowest BCUT2D eigenvalue weighted by Gasteiger charge is -2.63. The van der Waals surface area contributed by atoms with Crippen LogP contribution in [0.3, 0.4) is 0 Å². The predicted molar refractivity (Wildman–Crippen MR) is 240 cm³/mol. The molecule has 6 heterocycles. The van der Waals surface area contributed by atoms with Crippen LogP contribution in [-0.4, -0.2) is 97.4 Å². The maximum atomic E-state index is 14.7. The minimum Gasteiger partial charge on any atom is -0.494 e. The summed E-state index contributed by atoms with van der Waals surface area (Å²) < 4.78 is 34.1. The fourth-order valence-corrected chi connectivity index (χ4v) is 11.3. The summed E-state index contributed by atoms with van der Waals surface area (Å²) in [6, 6.07) is 17.9. The third-order valence-electron chi connectivity index (χ3n) is 12.8. The number of methoxy groups -OCH3 is 1. The molecule has 0 radical (unpaired) electrons. The highest BCUT2D eigenvalue weighted by Crippen LogP contribution is 2.47. The summed E-state index contributed by atoms with van der Waals surface area (Å²) in [5.41, 5.74) is 6.71. The minimum atomic E-state index is -2.93. The maximum absolute atomic E-state index is 14.7. The van der Waals surface area contributed by atoms with Gasteiger partial charge in [-0.1, -0.05) is 23.7 Å². The van der Waals surface area contributed by atoms with Crippen molar-refractivity contribution in [1.82, 2.24) is 25.2 Å². The average molecular weight is 866 g/mol. The van der Waals surface area contributed by atoms with E-state index < -0.39 is 13.0 Å². The standard InChI is InChI=1S/C45H50ClFN9O4P/c1-26-18-37(51-44-48-21-33(46)42(53-44)50-36-12-11-35-32(41(36)61(4,5)59)19-34(47)27(2)49-35)39(60-3)20-38(26)56-24-45(25-56)22-55(23-45)30-14-16-54(17-15-30)29-8-6-28(7-9-29)31-10-13-40(57)52-43(31)58/h6-9,11-12,18-21,30-31H,10,13-17,22-25H2,1-5H3,(H,52,57,58)(H2,48,50,51,53). The van der Waals surface area contributed by atoms with Crippen molar-refractivity contribution in [2.75, 3.05) is 80.1 Å². The molecule has 61 heavy (non-hydrogen) atoms. The Kier molecular flexibility index (Phi) is 10.7. The number of halogens is 2. The van der Waals surface area contributed by atoms with Crippen molar-refractivity contribution in [1.29, 1.82) is 0 Å². The van der Waals surface area contributed by atoms with Gasteiger partial charge >= 0.3 is 0 Å². The molecule has 4 aliphatic rings. The number of carbonyl (C=O) groups is 2. The molecule has 2 amide bonds. The normalized spacial score (nSPS) is 19.4. The van der Waals surface area contributed by atoms with Crippen LogP contribution in [0.15, 0.2) is 60.8 Å². The van der Waals surface area contributed by atoms with Crippen LogP contribution in [-0.2, 0) is 14.2 Å². The van der Waals surface area contributed by atoms with E-state index in [0.29, 0.717) is 63.4 Å². The first-order valence-electron chi connectivity index (χ1n) is 20.8. The summed E-state index contributed by atoms with van der Waals surface area (Å²) in [5, 5.41) is 10.2. The fourth-order valence-electron chi connectivity index (χ4n) is 9.66. The third-order valence-corrected chi connectivity index (χ3v) is 14.6. The average Bonchev–Trinajstić information content (AvgIpc) is 3.19. The number of amides is 2.